The molecule has 0 bridgehead atoms. The molecule has 2 heteroatoms. The lowest BCUT2D eigenvalue weighted by atomic mass is 9.96. The molecule has 2 rings (SSSR count). The third-order valence-corrected chi connectivity index (χ3v) is 4.77. The van der Waals surface area contributed by atoms with Crippen LogP contribution < -0.4 is 5.32 Å². The van der Waals surface area contributed by atoms with Gasteiger partial charge in [-0.1, -0.05) is 50.6 Å². The molecule has 1 aliphatic carbocycles. The molecule has 0 aliphatic heterocycles. The quantitative estimate of drug-likeness (QED) is 0.799. The number of aliphatic hydroxyl groups is 1. The number of benzene rings is 1. The second kappa shape index (κ2) is 7.80. The molecule has 0 saturated heterocycles. The van der Waals surface area contributed by atoms with E-state index in [1.54, 1.807) is 0 Å². The van der Waals surface area contributed by atoms with Crippen LogP contribution in [0.5, 0.6) is 0 Å². The van der Waals surface area contributed by atoms with Crippen molar-refractivity contribution in [3.8, 4) is 0 Å². The van der Waals surface area contributed by atoms with Crippen molar-refractivity contribution in [3.63, 3.8) is 0 Å². The summed E-state index contributed by atoms with van der Waals surface area (Å²) in [7, 11) is 0. The van der Waals surface area contributed by atoms with Gasteiger partial charge in [0.1, 0.15) is 0 Å². The third kappa shape index (κ3) is 4.60. The summed E-state index contributed by atoms with van der Waals surface area (Å²) in [4.78, 5) is 0. The molecule has 1 fully saturated rings. The predicted molar refractivity (Wildman–Crippen MR) is 84.7 cm³/mol. The minimum Gasteiger partial charge on any atom is -0.393 e. The van der Waals surface area contributed by atoms with Crippen molar-refractivity contribution < 1.29 is 5.11 Å². The SMILES string of the molecule is CCC(C)CCN[C@@H]1C[C@@H](Cc2ccccc2)[C@H](O)C1. The summed E-state index contributed by atoms with van der Waals surface area (Å²) in [6.45, 7) is 5.65. The molecule has 0 aromatic heterocycles. The Morgan fingerprint density at radius 3 is 2.70 bits per heavy atom. The number of nitrogens with one attached hydrogen (secondary N) is 1. The Morgan fingerprint density at radius 2 is 2.00 bits per heavy atom. The van der Waals surface area contributed by atoms with Crippen molar-refractivity contribution in [2.45, 2.75) is 58.1 Å². The highest BCUT2D eigenvalue weighted by molar-refractivity contribution is 5.16. The van der Waals surface area contributed by atoms with Gasteiger partial charge in [-0.2, -0.15) is 0 Å². The molecular weight excluding hydrogens is 246 g/mol. The highest BCUT2D eigenvalue weighted by Gasteiger charge is 2.32. The van der Waals surface area contributed by atoms with Gasteiger partial charge in [0.2, 0.25) is 0 Å². The van der Waals surface area contributed by atoms with E-state index in [9.17, 15) is 5.11 Å². The van der Waals surface area contributed by atoms with Crippen LogP contribution in [0, 0.1) is 11.8 Å². The Hall–Kier alpha value is -0.860. The van der Waals surface area contributed by atoms with E-state index in [2.05, 4.69) is 43.4 Å². The number of hydrogen-bond donors (Lipinski definition) is 2. The van der Waals surface area contributed by atoms with E-state index in [1.165, 1.54) is 18.4 Å². The Bertz CT molecular complexity index is 378. The first-order valence-electron chi connectivity index (χ1n) is 8.14. The number of rotatable bonds is 7. The van der Waals surface area contributed by atoms with E-state index in [0.29, 0.717) is 12.0 Å². The number of aliphatic hydroxyl groups excluding tert-OH is 1. The van der Waals surface area contributed by atoms with Gasteiger partial charge < -0.3 is 10.4 Å². The molecule has 20 heavy (non-hydrogen) atoms. The summed E-state index contributed by atoms with van der Waals surface area (Å²) in [6, 6.07) is 11.0. The Balaban J connectivity index is 1.74. The van der Waals surface area contributed by atoms with E-state index >= 15 is 0 Å². The van der Waals surface area contributed by atoms with Crippen molar-refractivity contribution in [2.75, 3.05) is 6.54 Å². The van der Waals surface area contributed by atoms with E-state index in [1.807, 2.05) is 6.07 Å². The van der Waals surface area contributed by atoms with E-state index in [-0.39, 0.29) is 6.10 Å². The lowest BCUT2D eigenvalue weighted by molar-refractivity contribution is 0.131. The molecule has 4 atom stereocenters. The van der Waals surface area contributed by atoms with E-state index in [0.717, 1.165) is 31.7 Å². The molecular formula is C18H29NO. The minimum atomic E-state index is -0.142. The monoisotopic (exact) mass is 275 g/mol. The lowest BCUT2D eigenvalue weighted by Crippen LogP contribution is -2.28. The second-order valence-corrected chi connectivity index (χ2v) is 6.44. The van der Waals surface area contributed by atoms with Crippen molar-refractivity contribution in [2.24, 2.45) is 11.8 Å². The average Bonchev–Trinajstić information content (AvgIpc) is 2.80. The molecule has 1 unspecified atom stereocenters. The molecule has 0 spiro atoms. The largest absolute Gasteiger partial charge is 0.393 e. The zero-order chi connectivity index (χ0) is 14.4. The lowest BCUT2D eigenvalue weighted by Gasteiger charge is -2.15. The van der Waals surface area contributed by atoms with Crippen molar-refractivity contribution in [3.05, 3.63) is 35.9 Å². The molecule has 1 aromatic rings. The number of hydrogen-bond acceptors (Lipinski definition) is 2. The van der Waals surface area contributed by atoms with Crippen LogP contribution in [0.1, 0.15) is 45.1 Å². The summed E-state index contributed by atoms with van der Waals surface area (Å²) in [5, 5.41) is 13.9. The van der Waals surface area contributed by atoms with Crippen LogP contribution >= 0.6 is 0 Å². The summed E-state index contributed by atoms with van der Waals surface area (Å²) in [6.07, 6.45) is 5.38. The Kier molecular flexibility index (Phi) is 6.06. The van der Waals surface area contributed by atoms with Crippen LogP contribution in [-0.2, 0) is 6.42 Å². The van der Waals surface area contributed by atoms with Gasteiger partial charge in [-0.15, -0.1) is 0 Å². The van der Waals surface area contributed by atoms with Gasteiger partial charge in [-0.3, -0.25) is 0 Å². The molecule has 112 valence electrons. The van der Waals surface area contributed by atoms with Gasteiger partial charge in [-0.25, -0.2) is 0 Å². The molecule has 0 heterocycles. The van der Waals surface area contributed by atoms with Crippen LogP contribution in [0.3, 0.4) is 0 Å². The highest BCUT2D eigenvalue weighted by atomic mass is 16.3. The zero-order valence-corrected chi connectivity index (χ0v) is 12.9. The minimum absolute atomic E-state index is 0.142. The van der Waals surface area contributed by atoms with Crippen molar-refractivity contribution in [1.29, 1.82) is 0 Å². The molecule has 1 aliphatic rings. The van der Waals surface area contributed by atoms with Crippen LogP contribution in [0.15, 0.2) is 30.3 Å². The Labute approximate surface area is 123 Å². The van der Waals surface area contributed by atoms with Crippen LogP contribution in [0.25, 0.3) is 0 Å². The van der Waals surface area contributed by atoms with Gasteiger partial charge in [0.05, 0.1) is 6.10 Å². The predicted octanol–water partition coefficient (Wildman–Crippen LogP) is 3.39. The standard InChI is InChI=1S/C18H29NO/c1-3-14(2)9-10-19-17-12-16(18(20)13-17)11-15-7-5-4-6-8-15/h4-8,14,16-20H,3,9-13H2,1-2H3/t14?,16-,17-,18-/m1/s1. The normalized spacial score (nSPS) is 27.6. The fourth-order valence-corrected chi connectivity index (χ4v) is 3.14. The molecule has 0 amide bonds. The summed E-state index contributed by atoms with van der Waals surface area (Å²) in [5.41, 5.74) is 1.34. The van der Waals surface area contributed by atoms with Crippen molar-refractivity contribution >= 4 is 0 Å². The van der Waals surface area contributed by atoms with Gasteiger partial charge >= 0.3 is 0 Å². The maximum Gasteiger partial charge on any atom is 0.0587 e. The summed E-state index contributed by atoms with van der Waals surface area (Å²) >= 11 is 0. The molecule has 1 aromatic carbocycles. The van der Waals surface area contributed by atoms with Crippen LogP contribution in [0.4, 0.5) is 0 Å². The molecule has 0 radical (unpaired) electrons. The average molecular weight is 275 g/mol. The molecule has 1 saturated carbocycles. The topological polar surface area (TPSA) is 32.3 Å². The highest BCUT2D eigenvalue weighted by Crippen LogP contribution is 2.29. The van der Waals surface area contributed by atoms with Gasteiger partial charge in [0.15, 0.2) is 0 Å². The first-order valence-corrected chi connectivity index (χ1v) is 8.14. The van der Waals surface area contributed by atoms with E-state index < -0.39 is 0 Å². The smallest absolute Gasteiger partial charge is 0.0587 e. The summed E-state index contributed by atoms with van der Waals surface area (Å²) in [5.74, 6) is 1.22. The first-order chi connectivity index (χ1) is 9.69. The van der Waals surface area contributed by atoms with Crippen LogP contribution in [-0.4, -0.2) is 23.8 Å². The van der Waals surface area contributed by atoms with Crippen molar-refractivity contribution in [1.82, 2.24) is 5.32 Å². The Morgan fingerprint density at radius 1 is 1.25 bits per heavy atom. The fourth-order valence-electron chi connectivity index (χ4n) is 3.14. The fraction of sp³-hybridized carbons (Fsp3) is 0.667. The second-order valence-electron chi connectivity index (χ2n) is 6.44. The van der Waals surface area contributed by atoms with Gasteiger partial charge in [-0.05, 0) is 49.6 Å². The molecule has 2 nitrogen and oxygen atoms in total. The molecule has 2 N–H and O–H groups in total. The summed E-state index contributed by atoms with van der Waals surface area (Å²) < 4.78 is 0. The van der Waals surface area contributed by atoms with Gasteiger partial charge in [0.25, 0.3) is 0 Å². The van der Waals surface area contributed by atoms with Gasteiger partial charge in [0, 0.05) is 6.04 Å². The third-order valence-electron chi connectivity index (χ3n) is 4.77. The first kappa shape index (κ1) is 15.5. The van der Waals surface area contributed by atoms with Crippen LogP contribution in [0.2, 0.25) is 0 Å². The maximum absolute atomic E-state index is 10.2. The zero-order valence-electron chi connectivity index (χ0n) is 12.9. The maximum atomic E-state index is 10.2. The van der Waals surface area contributed by atoms with E-state index in [4.69, 9.17) is 0 Å².